The zero-order valence-electron chi connectivity index (χ0n) is 15.7. The largest absolute Gasteiger partial charge is 0.454 e. The third-order valence-corrected chi connectivity index (χ3v) is 4.40. The number of nitrogens with one attached hydrogen (secondary N) is 2. The van der Waals surface area contributed by atoms with E-state index in [4.69, 9.17) is 9.47 Å². The molecule has 0 atom stereocenters. The highest BCUT2D eigenvalue weighted by atomic mass is 16.7. The van der Waals surface area contributed by atoms with Crippen LogP contribution in [0.1, 0.15) is 22.5 Å². The van der Waals surface area contributed by atoms with Gasteiger partial charge in [-0.25, -0.2) is 9.97 Å². The Kier molecular flexibility index (Phi) is 4.54. The number of nitrogens with zero attached hydrogens (tertiary/aromatic N) is 2. The summed E-state index contributed by atoms with van der Waals surface area (Å²) in [5.41, 5.74) is 4.52. The summed E-state index contributed by atoms with van der Waals surface area (Å²) in [6.07, 6.45) is 0. The van der Waals surface area contributed by atoms with Crippen LogP contribution >= 0.6 is 0 Å². The lowest BCUT2D eigenvalue weighted by Gasteiger charge is -2.12. The van der Waals surface area contributed by atoms with Crippen molar-refractivity contribution in [3.05, 3.63) is 65.0 Å². The Hall–Kier alpha value is -3.28. The highest BCUT2D eigenvalue weighted by Crippen LogP contribution is 2.32. The van der Waals surface area contributed by atoms with E-state index in [1.807, 2.05) is 31.2 Å². The van der Waals surface area contributed by atoms with Crippen LogP contribution in [0, 0.1) is 20.8 Å². The fraction of sp³-hybridized carbons (Fsp3) is 0.238. The van der Waals surface area contributed by atoms with Crippen LogP contribution in [0.3, 0.4) is 0 Å². The van der Waals surface area contributed by atoms with E-state index in [2.05, 4.69) is 52.6 Å². The number of ether oxygens (including phenoxy) is 2. The highest BCUT2D eigenvalue weighted by molar-refractivity contribution is 5.63. The Labute approximate surface area is 158 Å². The summed E-state index contributed by atoms with van der Waals surface area (Å²) < 4.78 is 10.8. The molecule has 0 radical (unpaired) electrons. The molecule has 0 unspecified atom stereocenters. The van der Waals surface area contributed by atoms with E-state index in [0.717, 1.165) is 34.4 Å². The number of fused-ring (bicyclic) bond motifs is 1. The van der Waals surface area contributed by atoms with Gasteiger partial charge in [0.05, 0.1) is 0 Å². The van der Waals surface area contributed by atoms with E-state index in [0.29, 0.717) is 12.4 Å². The van der Waals surface area contributed by atoms with Gasteiger partial charge in [-0.05, 0) is 55.7 Å². The van der Waals surface area contributed by atoms with Crippen LogP contribution < -0.4 is 20.1 Å². The van der Waals surface area contributed by atoms with Gasteiger partial charge in [0.1, 0.15) is 17.5 Å². The number of aromatic nitrogens is 2. The highest BCUT2D eigenvalue weighted by Gasteiger charge is 2.13. The zero-order chi connectivity index (χ0) is 18.8. The molecule has 0 amide bonds. The normalized spacial score (nSPS) is 12.1. The molecule has 1 aromatic heterocycles. The minimum absolute atomic E-state index is 0.282. The van der Waals surface area contributed by atoms with Gasteiger partial charge in [0, 0.05) is 18.3 Å². The summed E-state index contributed by atoms with van der Waals surface area (Å²) in [6.45, 7) is 6.96. The van der Waals surface area contributed by atoms with E-state index in [1.54, 1.807) is 0 Å². The van der Waals surface area contributed by atoms with Crippen molar-refractivity contribution in [1.82, 2.24) is 9.97 Å². The molecule has 0 bridgehead atoms. The molecule has 2 N–H and O–H groups in total. The molecule has 1 aliphatic rings. The van der Waals surface area contributed by atoms with Gasteiger partial charge in [-0.2, -0.15) is 0 Å². The second-order valence-corrected chi connectivity index (χ2v) is 6.67. The van der Waals surface area contributed by atoms with Gasteiger partial charge in [-0.15, -0.1) is 0 Å². The Balaban J connectivity index is 1.49. The number of hydrogen-bond acceptors (Lipinski definition) is 6. The molecular weight excluding hydrogens is 340 g/mol. The number of aryl methyl sites for hydroxylation is 3. The third kappa shape index (κ3) is 3.95. The maximum absolute atomic E-state index is 5.43. The minimum atomic E-state index is 0.282. The SMILES string of the molecule is Cc1ccc(C)c(Nc2cc(NCc3ccc4c(c3)OCO4)nc(C)n2)c1. The summed E-state index contributed by atoms with van der Waals surface area (Å²) in [4.78, 5) is 8.99. The van der Waals surface area contributed by atoms with E-state index >= 15 is 0 Å². The van der Waals surface area contributed by atoms with Gasteiger partial charge in [-0.1, -0.05) is 18.2 Å². The molecule has 0 saturated heterocycles. The van der Waals surface area contributed by atoms with Crippen molar-refractivity contribution in [2.24, 2.45) is 0 Å². The van der Waals surface area contributed by atoms with Crippen molar-refractivity contribution < 1.29 is 9.47 Å². The van der Waals surface area contributed by atoms with Crippen molar-refractivity contribution in [3.63, 3.8) is 0 Å². The monoisotopic (exact) mass is 362 g/mol. The Morgan fingerprint density at radius 3 is 2.59 bits per heavy atom. The van der Waals surface area contributed by atoms with Gasteiger partial charge < -0.3 is 20.1 Å². The first-order chi connectivity index (χ1) is 13.1. The molecule has 0 fully saturated rings. The standard InChI is InChI=1S/C21H22N4O2/c1-13-4-5-14(2)17(8-13)25-21-10-20(23-15(3)24-21)22-11-16-6-7-18-19(9-16)27-12-26-18/h4-10H,11-12H2,1-3H3,(H2,22,23,24,25). The predicted octanol–water partition coefficient (Wildman–Crippen LogP) is 4.49. The van der Waals surface area contributed by atoms with E-state index in [1.165, 1.54) is 11.1 Å². The van der Waals surface area contributed by atoms with Gasteiger partial charge in [0.2, 0.25) is 6.79 Å². The van der Waals surface area contributed by atoms with Crippen LogP contribution in [0.15, 0.2) is 42.5 Å². The molecule has 0 aliphatic carbocycles. The van der Waals surface area contributed by atoms with Crippen molar-refractivity contribution in [2.45, 2.75) is 27.3 Å². The first-order valence-corrected chi connectivity index (χ1v) is 8.89. The molecule has 6 heteroatoms. The fourth-order valence-corrected chi connectivity index (χ4v) is 2.97. The van der Waals surface area contributed by atoms with E-state index < -0.39 is 0 Å². The molecule has 2 heterocycles. The fourth-order valence-electron chi connectivity index (χ4n) is 2.97. The Morgan fingerprint density at radius 1 is 0.889 bits per heavy atom. The zero-order valence-corrected chi connectivity index (χ0v) is 15.7. The molecular formula is C21H22N4O2. The average Bonchev–Trinajstić information content (AvgIpc) is 3.10. The molecule has 138 valence electrons. The lowest BCUT2D eigenvalue weighted by Crippen LogP contribution is -2.05. The van der Waals surface area contributed by atoms with E-state index in [-0.39, 0.29) is 6.79 Å². The van der Waals surface area contributed by atoms with Crippen molar-refractivity contribution in [1.29, 1.82) is 0 Å². The van der Waals surface area contributed by atoms with Gasteiger partial charge in [0.25, 0.3) is 0 Å². The number of hydrogen-bond donors (Lipinski definition) is 2. The van der Waals surface area contributed by atoms with Crippen LogP contribution in [0.4, 0.5) is 17.3 Å². The smallest absolute Gasteiger partial charge is 0.231 e. The molecule has 4 rings (SSSR count). The molecule has 6 nitrogen and oxygen atoms in total. The molecule has 0 saturated carbocycles. The summed E-state index contributed by atoms with van der Waals surface area (Å²) in [7, 11) is 0. The number of rotatable bonds is 5. The summed E-state index contributed by atoms with van der Waals surface area (Å²) >= 11 is 0. The van der Waals surface area contributed by atoms with Gasteiger partial charge in [0.15, 0.2) is 11.5 Å². The summed E-state index contributed by atoms with van der Waals surface area (Å²) in [5.74, 6) is 3.82. The molecule has 0 spiro atoms. The quantitative estimate of drug-likeness (QED) is 0.697. The minimum Gasteiger partial charge on any atom is -0.454 e. The lowest BCUT2D eigenvalue weighted by molar-refractivity contribution is 0.174. The second-order valence-electron chi connectivity index (χ2n) is 6.67. The van der Waals surface area contributed by atoms with Crippen LogP contribution in [0.5, 0.6) is 11.5 Å². The lowest BCUT2D eigenvalue weighted by atomic mass is 10.1. The van der Waals surface area contributed by atoms with E-state index in [9.17, 15) is 0 Å². The van der Waals surface area contributed by atoms with Crippen LogP contribution in [0.2, 0.25) is 0 Å². The second kappa shape index (κ2) is 7.15. The maximum atomic E-state index is 5.43. The number of benzene rings is 2. The molecule has 27 heavy (non-hydrogen) atoms. The first-order valence-electron chi connectivity index (χ1n) is 8.89. The first kappa shape index (κ1) is 17.1. The predicted molar refractivity (Wildman–Crippen MR) is 106 cm³/mol. The van der Waals surface area contributed by atoms with Gasteiger partial charge in [-0.3, -0.25) is 0 Å². The molecule has 1 aliphatic heterocycles. The van der Waals surface area contributed by atoms with Crippen LogP contribution in [-0.4, -0.2) is 16.8 Å². The summed E-state index contributed by atoms with van der Waals surface area (Å²) in [6, 6.07) is 14.2. The molecule has 3 aromatic rings. The van der Waals surface area contributed by atoms with Gasteiger partial charge >= 0.3 is 0 Å². The van der Waals surface area contributed by atoms with Crippen molar-refractivity contribution in [2.75, 3.05) is 17.4 Å². The number of anilines is 3. The average molecular weight is 362 g/mol. The van der Waals surface area contributed by atoms with Crippen LogP contribution in [0.25, 0.3) is 0 Å². The Morgan fingerprint density at radius 2 is 1.70 bits per heavy atom. The van der Waals surface area contributed by atoms with Crippen molar-refractivity contribution in [3.8, 4) is 11.5 Å². The van der Waals surface area contributed by atoms with Crippen molar-refractivity contribution >= 4 is 17.3 Å². The summed E-state index contributed by atoms with van der Waals surface area (Å²) in [5, 5.41) is 6.76. The maximum Gasteiger partial charge on any atom is 0.231 e. The Bertz CT molecular complexity index is 988. The molecule has 2 aromatic carbocycles. The topological polar surface area (TPSA) is 68.3 Å². The van der Waals surface area contributed by atoms with Crippen LogP contribution in [-0.2, 0) is 6.54 Å². The third-order valence-electron chi connectivity index (χ3n) is 4.40.